The molecule has 0 bridgehead atoms. The lowest BCUT2D eigenvalue weighted by molar-refractivity contribution is -0.192. The molecule has 0 radical (unpaired) electrons. The summed E-state index contributed by atoms with van der Waals surface area (Å²) < 4.78 is 33.5. The van der Waals surface area contributed by atoms with Gasteiger partial charge in [-0.05, 0) is 19.9 Å². The second-order valence-corrected chi connectivity index (χ2v) is 7.68. The molecule has 166 valence electrons. The fraction of sp³-hybridized carbons (Fsp3) is 0.389. The highest BCUT2D eigenvalue weighted by atomic mass is 32.1. The summed E-state index contributed by atoms with van der Waals surface area (Å²) in [6.07, 6.45) is -2.43. The van der Waals surface area contributed by atoms with Gasteiger partial charge in [0.05, 0.1) is 17.7 Å². The molecule has 0 spiro atoms. The number of fused-ring (bicyclic) bond motifs is 3. The quantitative estimate of drug-likeness (QED) is 0.623. The van der Waals surface area contributed by atoms with E-state index in [2.05, 4.69) is 34.2 Å². The van der Waals surface area contributed by atoms with E-state index in [0.717, 1.165) is 29.1 Å². The second-order valence-electron chi connectivity index (χ2n) is 6.96. The summed E-state index contributed by atoms with van der Waals surface area (Å²) in [6.45, 7) is 5.33. The first-order valence-corrected chi connectivity index (χ1v) is 10.1. The number of aliphatic carboxylic acids is 1. The molecule has 9 nitrogen and oxygen atoms in total. The predicted octanol–water partition coefficient (Wildman–Crippen LogP) is 2.84. The molecule has 0 unspecified atom stereocenters. The topological polar surface area (TPSA) is 113 Å². The third-order valence-electron chi connectivity index (χ3n) is 4.25. The number of carbonyl (C=O) groups excluding carboxylic acids is 1. The SMILES string of the molecule is CC(C)Nc1ccn2nc3c(c2n1)CN(C(=O)c1cscn1)CC3.O=C(O)C(F)(F)F. The Bertz CT molecular complexity index is 1080. The summed E-state index contributed by atoms with van der Waals surface area (Å²) in [5, 5.41) is 16.8. The Hall–Kier alpha value is -3.22. The van der Waals surface area contributed by atoms with Gasteiger partial charge in [-0.1, -0.05) is 0 Å². The Labute approximate surface area is 178 Å². The van der Waals surface area contributed by atoms with Crippen LogP contribution < -0.4 is 5.32 Å². The van der Waals surface area contributed by atoms with Crippen molar-refractivity contribution >= 4 is 34.7 Å². The summed E-state index contributed by atoms with van der Waals surface area (Å²) in [5.74, 6) is -1.96. The number of carbonyl (C=O) groups is 2. The molecule has 0 aromatic carbocycles. The number of carboxylic acids is 1. The van der Waals surface area contributed by atoms with Crippen LogP contribution in [0.3, 0.4) is 0 Å². The maximum absolute atomic E-state index is 12.6. The van der Waals surface area contributed by atoms with E-state index >= 15 is 0 Å². The highest BCUT2D eigenvalue weighted by molar-refractivity contribution is 7.07. The predicted molar refractivity (Wildman–Crippen MR) is 106 cm³/mol. The fourth-order valence-electron chi connectivity index (χ4n) is 2.92. The molecule has 1 aliphatic rings. The van der Waals surface area contributed by atoms with Crippen LogP contribution in [-0.4, -0.2) is 60.2 Å². The van der Waals surface area contributed by atoms with Crippen molar-refractivity contribution in [1.29, 1.82) is 0 Å². The van der Waals surface area contributed by atoms with Gasteiger partial charge in [-0.3, -0.25) is 4.79 Å². The lowest BCUT2D eigenvalue weighted by Crippen LogP contribution is -2.36. The molecule has 0 aliphatic carbocycles. The lowest BCUT2D eigenvalue weighted by Gasteiger charge is -2.25. The number of halogens is 3. The molecule has 13 heteroatoms. The average molecular weight is 456 g/mol. The van der Waals surface area contributed by atoms with Gasteiger partial charge < -0.3 is 15.3 Å². The zero-order valence-corrected chi connectivity index (χ0v) is 17.4. The first-order chi connectivity index (χ1) is 14.6. The van der Waals surface area contributed by atoms with Gasteiger partial charge in [-0.15, -0.1) is 11.3 Å². The molecule has 1 amide bonds. The monoisotopic (exact) mass is 456 g/mol. The van der Waals surface area contributed by atoms with Crippen molar-refractivity contribution in [2.45, 2.75) is 39.0 Å². The van der Waals surface area contributed by atoms with E-state index in [4.69, 9.17) is 9.90 Å². The third-order valence-corrected chi connectivity index (χ3v) is 4.84. The molecule has 31 heavy (non-hydrogen) atoms. The van der Waals surface area contributed by atoms with Gasteiger partial charge in [0.15, 0.2) is 5.65 Å². The van der Waals surface area contributed by atoms with Crippen LogP contribution in [0.15, 0.2) is 23.2 Å². The van der Waals surface area contributed by atoms with Crippen LogP contribution in [0.5, 0.6) is 0 Å². The maximum Gasteiger partial charge on any atom is 0.490 e. The Morgan fingerprint density at radius 2 is 2.03 bits per heavy atom. The molecule has 4 heterocycles. The van der Waals surface area contributed by atoms with Gasteiger partial charge in [0, 0.05) is 36.1 Å². The normalized spacial score (nSPS) is 13.5. The van der Waals surface area contributed by atoms with E-state index in [-0.39, 0.29) is 5.91 Å². The zero-order chi connectivity index (χ0) is 22.8. The number of amides is 1. The number of nitrogens with zero attached hydrogens (tertiary/aromatic N) is 5. The van der Waals surface area contributed by atoms with Crippen LogP contribution in [0.25, 0.3) is 5.65 Å². The van der Waals surface area contributed by atoms with Crippen molar-refractivity contribution in [3.05, 3.63) is 40.1 Å². The van der Waals surface area contributed by atoms with E-state index in [1.807, 2.05) is 17.2 Å². The number of anilines is 1. The van der Waals surface area contributed by atoms with Crippen molar-refractivity contribution in [1.82, 2.24) is 24.5 Å². The van der Waals surface area contributed by atoms with Crippen LogP contribution in [0.1, 0.15) is 35.6 Å². The van der Waals surface area contributed by atoms with Crippen molar-refractivity contribution in [3.63, 3.8) is 0 Å². The number of thiazole rings is 1. The molecule has 3 aromatic rings. The molecule has 0 atom stereocenters. The van der Waals surface area contributed by atoms with Crippen molar-refractivity contribution < 1.29 is 27.9 Å². The number of hydrogen-bond donors (Lipinski definition) is 2. The van der Waals surface area contributed by atoms with Gasteiger partial charge in [0.25, 0.3) is 5.91 Å². The van der Waals surface area contributed by atoms with Crippen LogP contribution in [0.2, 0.25) is 0 Å². The summed E-state index contributed by atoms with van der Waals surface area (Å²) >= 11 is 1.43. The second kappa shape index (κ2) is 8.88. The van der Waals surface area contributed by atoms with Gasteiger partial charge >= 0.3 is 12.1 Å². The molecular weight excluding hydrogens is 437 g/mol. The summed E-state index contributed by atoms with van der Waals surface area (Å²) in [4.78, 5) is 32.1. The molecule has 3 aromatic heterocycles. The third kappa shape index (κ3) is 5.29. The standard InChI is InChI=1S/C16H18N6OS.C2HF3O2/c1-10(2)18-14-4-6-22-15(19-14)11-7-21(5-3-12(11)20-22)16(23)13-8-24-9-17-13;3-2(4,5)1(6)7/h4,6,8-10H,3,5,7H2,1-2H3,(H,18,19);(H,6,7). The molecule has 0 saturated carbocycles. The number of alkyl halides is 3. The highest BCUT2D eigenvalue weighted by Crippen LogP contribution is 2.24. The van der Waals surface area contributed by atoms with Gasteiger partial charge in [0.1, 0.15) is 11.5 Å². The van der Waals surface area contributed by atoms with E-state index in [9.17, 15) is 18.0 Å². The van der Waals surface area contributed by atoms with E-state index < -0.39 is 12.1 Å². The smallest absolute Gasteiger partial charge is 0.475 e. The van der Waals surface area contributed by atoms with Crippen LogP contribution in [0, 0.1) is 0 Å². The first kappa shape index (κ1) is 22.5. The Morgan fingerprint density at radius 3 is 2.61 bits per heavy atom. The van der Waals surface area contributed by atoms with Crippen LogP contribution in [0.4, 0.5) is 19.0 Å². The lowest BCUT2D eigenvalue weighted by atomic mass is 10.1. The molecule has 4 rings (SSSR count). The molecule has 2 N–H and O–H groups in total. The largest absolute Gasteiger partial charge is 0.490 e. The van der Waals surface area contributed by atoms with E-state index in [1.54, 1.807) is 15.4 Å². The molecule has 0 saturated heterocycles. The number of carboxylic acid groups (broad SMARTS) is 1. The van der Waals surface area contributed by atoms with Gasteiger partial charge in [-0.25, -0.2) is 19.3 Å². The van der Waals surface area contributed by atoms with Gasteiger partial charge in [0.2, 0.25) is 0 Å². The van der Waals surface area contributed by atoms with Crippen LogP contribution >= 0.6 is 11.3 Å². The minimum atomic E-state index is -5.08. The number of aromatic nitrogens is 4. The minimum absolute atomic E-state index is 0.0299. The minimum Gasteiger partial charge on any atom is -0.475 e. The van der Waals surface area contributed by atoms with E-state index in [1.165, 1.54) is 11.3 Å². The molecule has 1 aliphatic heterocycles. The zero-order valence-electron chi connectivity index (χ0n) is 16.5. The highest BCUT2D eigenvalue weighted by Gasteiger charge is 2.38. The molecule has 0 fully saturated rings. The average Bonchev–Trinajstić information content (AvgIpc) is 3.34. The summed E-state index contributed by atoms with van der Waals surface area (Å²) in [6, 6.07) is 2.23. The van der Waals surface area contributed by atoms with Crippen molar-refractivity contribution in [3.8, 4) is 0 Å². The van der Waals surface area contributed by atoms with Crippen molar-refractivity contribution in [2.75, 3.05) is 11.9 Å². The van der Waals surface area contributed by atoms with Crippen molar-refractivity contribution in [2.24, 2.45) is 0 Å². The number of rotatable bonds is 3. The Kier molecular flexibility index (Phi) is 6.43. The Balaban J connectivity index is 0.000000339. The number of hydrogen-bond acceptors (Lipinski definition) is 7. The summed E-state index contributed by atoms with van der Waals surface area (Å²) in [5.41, 5.74) is 5.05. The molecular formula is C18H19F3N6O3S. The summed E-state index contributed by atoms with van der Waals surface area (Å²) in [7, 11) is 0. The fourth-order valence-corrected chi connectivity index (χ4v) is 3.45. The van der Waals surface area contributed by atoms with E-state index in [0.29, 0.717) is 24.8 Å². The first-order valence-electron chi connectivity index (χ1n) is 9.17. The Morgan fingerprint density at radius 1 is 1.32 bits per heavy atom. The maximum atomic E-state index is 12.6. The van der Waals surface area contributed by atoms with Gasteiger partial charge in [-0.2, -0.15) is 18.3 Å². The number of nitrogens with one attached hydrogen (secondary N) is 1. The van der Waals surface area contributed by atoms with Crippen LogP contribution in [-0.2, 0) is 17.8 Å².